The highest BCUT2D eigenvalue weighted by molar-refractivity contribution is 6.02. The molecule has 0 saturated heterocycles. The predicted molar refractivity (Wildman–Crippen MR) is 106 cm³/mol. The van der Waals surface area contributed by atoms with E-state index in [0.717, 1.165) is 25.5 Å². The zero-order chi connectivity index (χ0) is 19.2. The molecule has 1 atom stereocenters. The zero-order valence-corrected chi connectivity index (χ0v) is 15.2. The van der Waals surface area contributed by atoms with E-state index < -0.39 is 6.09 Å². The van der Waals surface area contributed by atoms with Gasteiger partial charge < -0.3 is 10.1 Å². The fraction of sp³-hybridized carbons (Fsp3) is 0.350. The average Bonchev–Trinajstić information content (AvgIpc) is 2.66. The molecule has 6 heteroatoms. The third-order valence-electron chi connectivity index (χ3n) is 3.75. The maximum atomic E-state index is 11.8. The van der Waals surface area contributed by atoms with E-state index in [4.69, 9.17) is 4.74 Å². The Morgan fingerprint density at radius 1 is 1.27 bits per heavy atom. The molecule has 26 heavy (non-hydrogen) atoms. The quantitative estimate of drug-likeness (QED) is 0.285. The summed E-state index contributed by atoms with van der Waals surface area (Å²) in [6.45, 7) is 10.1. The van der Waals surface area contributed by atoms with Crippen molar-refractivity contribution in [1.29, 1.82) is 0 Å². The number of rotatable bonds is 10. The van der Waals surface area contributed by atoms with Crippen molar-refractivity contribution in [3.05, 3.63) is 55.1 Å². The number of aldehydes is 1. The van der Waals surface area contributed by atoms with Crippen LogP contribution in [-0.2, 0) is 4.74 Å². The number of nitrogens with zero attached hydrogens (tertiary/aromatic N) is 1. The molecule has 0 aliphatic heterocycles. The fourth-order valence-electron chi connectivity index (χ4n) is 2.24. The third-order valence-corrected chi connectivity index (χ3v) is 3.75. The van der Waals surface area contributed by atoms with Crippen molar-refractivity contribution in [2.75, 3.05) is 18.5 Å². The number of aliphatic imine (C=N–C) groups is 1. The van der Waals surface area contributed by atoms with Crippen LogP contribution in [0.4, 0.5) is 10.5 Å². The first-order valence-corrected chi connectivity index (χ1v) is 8.65. The normalized spacial score (nSPS) is 12.0. The standard InChI is InChI=1S/C20H27N3O3/c1-4-7-16(6-3)12-13-21-19(23-20(25)26-14-5-2)22-18-10-8-17(15-24)9-11-18/h4-5,8-11,15-16H,1-2,6-7,12-14H2,3H3,(H2,21,22,23,25). The van der Waals surface area contributed by atoms with Gasteiger partial charge in [-0.2, -0.15) is 0 Å². The number of nitrogens with one attached hydrogen (secondary N) is 2. The van der Waals surface area contributed by atoms with Crippen LogP contribution in [0.1, 0.15) is 36.5 Å². The first-order valence-electron chi connectivity index (χ1n) is 8.65. The number of anilines is 1. The summed E-state index contributed by atoms with van der Waals surface area (Å²) in [6.07, 6.45) is 6.44. The highest BCUT2D eigenvalue weighted by atomic mass is 16.5. The molecule has 0 aliphatic rings. The summed E-state index contributed by atoms with van der Waals surface area (Å²) in [5.41, 5.74) is 1.28. The SMILES string of the molecule is C=CCOC(=O)N/C(=N\CCC(CC)CC=C)Nc1ccc(C=O)cc1. The van der Waals surface area contributed by atoms with E-state index in [-0.39, 0.29) is 6.61 Å². The van der Waals surface area contributed by atoms with E-state index in [1.54, 1.807) is 24.3 Å². The van der Waals surface area contributed by atoms with Crippen LogP contribution in [0, 0.1) is 5.92 Å². The Kier molecular flexibility index (Phi) is 10.1. The molecule has 1 rings (SSSR count). The lowest BCUT2D eigenvalue weighted by molar-refractivity contribution is 0.112. The Hall–Kier alpha value is -2.89. The number of alkyl carbamates (subject to hydrolysis) is 1. The second-order valence-electron chi connectivity index (χ2n) is 5.69. The van der Waals surface area contributed by atoms with Gasteiger partial charge >= 0.3 is 6.09 Å². The molecular weight excluding hydrogens is 330 g/mol. The van der Waals surface area contributed by atoms with Gasteiger partial charge in [-0.25, -0.2) is 4.79 Å². The second-order valence-corrected chi connectivity index (χ2v) is 5.69. The lowest BCUT2D eigenvalue weighted by atomic mass is 9.99. The first kappa shape index (κ1) is 21.2. The minimum atomic E-state index is -0.612. The van der Waals surface area contributed by atoms with Gasteiger partial charge in [0.05, 0.1) is 0 Å². The van der Waals surface area contributed by atoms with E-state index in [2.05, 4.69) is 35.7 Å². The lowest BCUT2D eigenvalue weighted by Crippen LogP contribution is -2.36. The molecule has 0 fully saturated rings. The van der Waals surface area contributed by atoms with Crippen LogP contribution in [0.5, 0.6) is 0 Å². The first-order chi connectivity index (χ1) is 12.6. The third kappa shape index (κ3) is 8.28. The van der Waals surface area contributed by atoms with Gasteiger partial charge in [0.25, 0.3) is 0 Å². The Morgan fingerprint density at radius 3 is 2.58 bits per heavy atom. The van der Waals surface area contributed by atoms with E-state index in [1.807, 2.05) is 6.08 Å². The van der Waals surface area contributed by atoms with Crippen LogP contribution < -0.4 is 10.6 Å². The van der Waals surface area contributed by atoms with Crippen LogP contribution in [0.25, 0.3) is 0 Å². The molecule has 6 nitrogen and oxygen atoms in total. The molecule has 1 unspecified atom stereocenters. The number of amides is 1. The summed E-state index contributed by atoms with van der Waals surface area (Å²) in [5, 5.41) is 5.63. The summed E-state index contributed by atoms with van der Waals surface area (Å²) in [4.78, 5) is 27.0. The maximum absolute atomic E-state index is 11.8. The van der Waals surface area contributed by atoms with Gasteiger partial charge in [-0.15, -0.1) is 6.58 Å². The topological polar surface area (TPSA) is 79.8 Å². The van der Waals surface area contributed by atoms with Gasteiger partial charge in [0.15, 0.2) is 0 Å². The van der Waals surface area contributed by atoms with Crippen LogP contribution in [-0.4, -0.2) is 31.5 Å². The molecule has 0 aromatic heterocycles. The van der Waals surface area contributed by atoms with E-state index in [0.29, 0.717) is 29.7 Å². The zero-order valence-electron chi connectivity index (χ0n) is 15.2. The van der Waals surface area contributed by atoms with Crippen molar-refractivity contribution in [1.82, 2.24) is 5.32 Å². The number of carbonyl (C=O) groups is 2. The van der Waals surface area contributed by atoms with Crippen molar-refractivity contribution < 1.29 is 14.3 Å². The van der Waals surface area contributed by atoms with Gasteiger partial charge in [0.2, 0.25) is 5.96 Å². The Morgan fingerprint density at radius 2 is 2.00 bits per heavy atom. The van der Waals surface area contributed by atoms with E-state index >= 15 is 0 Å². The number of hydrogen-bond donors (Lipinski definition) is 2. The number of benzene rings is 1. The summed E-state index contributed by atoms with van der Waals surface area (Å²) in [7, 11) is 0. The molecule has 2 N–H and O–H groups in total. The fourth-order valence-corrected chi connectivity index (χ4v) is 2.24. The van der Waals surface area contributed by atoms with Crippen molar-refractivity contribution in [3.8, 4) is 0 Å². The summed E-state index contributed by atoms with van der Waals surface area (Å²) >= 11 is 0. The Labute approximate surface area is 155 Å². The summed E-state index contributed by atoms with van der Waals surface area (Å²) in [5.74, 6) is 0.809. The highest BCUT2D eigenvalue weighted by Crippen LogP contribution is 2.13. The van der Waals surface area contributed by atoms with E-state index in [9.17, 15) is 9.59 Å². The maximum Gasteiger partial charge on any atom is 0.414 e. The smallest absolute Gasteiger partial charge is 0.414 e. The molecule has 0 saturated carbocycles. The molecule has 1 aromatic carbocycles. The van der Waals surface area contributed by atoms with Crippen molar-refractivity contribution in [2.45, 2.75) is 26.2 Å². The van der Waals surface area contributed by atoms with Gasteiger partial charge in [-0.1, -0.05) is 32.1 Å². The lowest BCUT2D eigenvalue weighted by Gasteiger charge is -2.13. The minimum absolute atomic E-state index is 0.115. The molecule has 0 heterocycles. The molecule has 0 spiro atoms. The van der Waals surface area contributed by atoms with Crippen molar-refractivity contribution in [3.63, 3.8) is 0 Å². The van der Waals surface area contributed by atoms with Crippen LogP contribution in [0.3, 0.4) is 0 Å². The number of hydrogen-bond acceptors (Lipinski definition) is 4. The molecule has 0 radical (unpaired) electrons. The molecule has 1 aromatic rings. The van der Waals surface area contributed by atoms with Crippen molar-refractivity contribution >= 4 is 24.0 Å². The van der Waals surface area contributed by atoms with Crippen LogP contribution >= 0.6 is 0 Å². The Balaban J connectivity index is 2.76. The van der Waals surface area contributed by atoms with Gasteiger partial charge in [0, 0.05) is 17.8 Å². The van der Waals surface area contributed by atoms with Crippen LogP contribution in [0.2, 0.25) is 0 Å². The van der Waals surface area contributed by atoms with Gasteiger partial charge in [0.1, 0.15) is 12.9 Å². The number of ether oxygens (including phenoxy) is 1. The monoisotopic (exact) mass is 357 g/mol. The number of carbonyl (C=O) groups excluding carboxylic acids is 2. The predicted octanol–water partition coefficient (Wildman–Crippen LogP) is 4.17. The van der Waals surface area contributed by atoms with E-state index in [1.165, 1.54) is 6.08 Å². The van der Waals surface area contributed by atoms with Gasteiger partial charge in [-0.3, -0.25) is 15.1 Å². The second kappa shape index (κ2) is 12.5. The average molecular weight is 357 g/mol. The summed E-state index contributed by atoms with van der Waals surface area (Å²) < 4.78 is 4.93. The molecule has 140 valence electrons. The summed E-state index contributed by atoms with van der Waals surface area (Å²) in [6, 6.07) is 6.84. The molecule has 1 amide bonds. The Bertz CT molecular complexity index is 624. The largest absolute Gasteiger partial charge is 0.445 e. The van der Waals surface area contributed by atoms with Gasteiger partial charge in [-0.05, 0) is 43.0 Å². The molecule has 0 aliphatic carbocycles. The minimum Gasteiger partial charge on any atom is -0.445 e. The molecule has 0 bridgehead atoms. The molecular formula is C20H27N3O3. The number of guanidine groups is 1. The highest BCUT2D eigenvalue weighted by Gasteiger charge is 2.08. The van der Waals surface area contributed by atoms with Crippen molar-refractivity contribution in [2.24, 2.45) is 10.9 Å². The van der Waals surface area contributed by atoms with Crippen LogP contribution in [0.15, 0.2) is 54.6 Å². The number of allylic oxidation sites excluding steroid dienone is 1.